The average Bonchev–Trinajstić information content (AvgIpc) is 2.85. The van der Waals surface area contributed by atoms with Crippen LogP contribution in [-0.4, -0.2) is 25.0 Å². The van der Waals surface area contributed by atoms with Crippen molar-refractivity contribution in [3.05, 3.63) is 76.8 Å². The van der Waals surface area contributed by atoms with E-state index in [1.165, 1.54) is 11.6 Å². The molecule has 2 N–H and O–H groups in total. The molecule has 35 heavy (non-hydrogen) atoms. The van der Waals surface area contributed by atoms with Gasteiger partial charge in [0.25, 0.3) is 10.0 Å². The number of aromatic nitrogens is 2. The summed E-state index contributed by atoms with van der Waals surface area (Å²) in [5.41, 5.74) is 3.23. The molecule has 1 aromatic heterocycles. The van der Waals surface area contributed by atoms with Gasteiger partial charge in [0.05, 0.1) is 17.6 Å². The topological polar surface area (TPSA) is 93.2 Å². The fourth-order valence-electron chi connectivity index (χ4n) is 3.57. The van der Waals surface area contributed by atoms with Gasteiger partial charge in [0, 0.05) is 10.2 Å². The Morgan fingerprint density at radius 1 is 0.943 bits per heavy atom. The van der Waals surface area contributed by atoms with Crippen molar-refractivity contribution >= 4 is 54.3 Å². The van der Waals surface area contributed by atoms with E-state index in [-0.39, 0.29) is 16.5 Å². The van der Waals surface area contributed by atoms with E-state index in [0.29, 0.717) is 33.8 Å². The Hall–Kier alpha value is -3.17. The molecule has 0 aliphatic rings. The van der Waals surface area contributed by atoms with Crippen LogP contribution in [0.25, 0.3) is 11.0 Å². The van der Waals surface area contributed by atoms with Crippen LogP contribution in [0.1, 0.15) is 38.7 Å². The van der Waals surface area contributed by atoms with Crippen molar-refractivity contribution in [1.82, 2.24) is 9.97 Å². The number of halogens is 1. The van der Waals surface area contributed by atoms with Gasteiger partial charge in [-0.2, -0.15) is 0 Å². The Labute approximate surface area is 214 Å². The van der Waals surface area contributed by atoms with Gasteiger partial charge in [0.1, 0.15) is 10.6 Å². The predicted molar refractivity (Wildman–Crippen MR) is 144 cm³/mol. The monoisotopic (exact) mass is 554 g/mol. The Balaban J connectivity index is 1.74. The van der Waals surface area contributed by atoms with E-state index in [2.05, 4.69) is 61.9 Å². The van der Waals surface area contributed by atoms with Crippen molar-refractivity contribution in [2.45, 2.75) is 38.0 Å². The van der Waals surface area contributed by atoms with Crippen LogP contribution in [0.2, 0.25) is 0 Å². The highest BCUT2D eigenvalue weighted by atomic mass is 79.9. The Morgan fingerprint density at radius 2 is 1.60 bits per heavy atom. The molecule has 182 valence electrons. The molecule has 0 aliphatic carbocycles. The Kier molecular flexibility index (Phi) is 7.57. The second kappa shape index (κ2) is 10.6. The normalized spacial score (nSPS) is 12.3. The summed E-state index contributed by atoms with van der Waals surface area (Å²) >= 11 is 3.35. The van der Waals surface area contributed by atoms with E-state index < -0.39 is 10.0 Å². The first-order valence-electron chi connectivity index (χ1n) is 11.4. The second-order valence-electron chi connectivity index (χ2n) is 8.10. The molecule has 4 rings (SSSR count). The standard InChI is InChI=1S/C26H27BrN4O3S/c1-4-17(3)18-10-13-20(14-11-18)28-25-26(30-22-9-7-6-8-21(22)29-25)31-35(32,33)24-16-19(27)12-15-23(24)34-5-2/h6-17H,4-5H2,1-3H3,(H,28,29)(H,30,31)/t17-/m1/s1. The SMILES string of the molecule is CCOc1ccc(Br)cc1S(=O)(=O)Nc1nc2ccccc2nc1Nc1ccc([C@H](C)CC)cc1. The molecule has 1 heterocycles. The van der Waals surface area contributed by atoms with E-state index >= 15 is 0 Å². The molecule has 1 atom stereocenters. The lowest BCUT2D eigenvalue weighted by Crippen LogP contribution is -2.17. The number of nitrogens with zero attached hydrogens (tertiary/aromatic N) is 2. The number of benzene rings is 3. The van der Waals surface area contributed by atoms with Gasteiger partial charge < -0.3 is 10.1 Å². The number of para-hydroxylation sites is 2. The third kappa shape index (κ3) is 5.74. The van der Waals surface area contributed by atoms with E-state index in [1.54, 1.807) is 25.1 Å². The number of ether oxygens (including phenoxy) is 1. The Bertz CT molecular complexity index is 1440. The Morgan fingerprint density at radius 3 is 2.23 bits per heavy atom. The molecule has 4 aromatic rings. The van der Waals surface area contributed by atoms with Crippen molar-refractivity contribution in [3.8, 4) is 5.75 Å². The lowest BCUT2D eigenvalue weighted by Gasteiger charge is -2.16. The molecule has 0 unspecified atom stereocenters. The summed E-state index contributed by atoms with van der Waals surface area (Å²) in [6.07, 6.45) is 1.05. The van der Waals surface area contributed by atoms with Crippen LogP contribution in [0.4, 0.5) is 17.3 Å². The van der Waals surface area contributed by atoms with E-state index in [4.69, 9.17) is 4.74 Å². The molecule has 0 amide bonds. The molecule has 9 heteroatoms. The van der Waals surface area contributed by atoms with Gasteiger partial charge >= 0.3 is 0 Å². The van der Waals surface area contributed by atoms with Crippen LogP contribution in [-0.2, 0) is 10.0 Å². The van der Waals surface area contributed by atoms with Crippen molar-refractivity contribution in [3.63, 3.8) is 0 Å². The maximum absolute atomic E-state index is 13.4. The smallest absolute Gasteiger partial charge is 0.266 e. The van der Waals surface area contributed by atoms with Crippen LogP contribution in [0.3, 0.4) is 0 Å². The number of hydrogen-bond acceptors (Lipinski definition) is 6. The lowest BCUT2D eigenvalue weighted by atomic mass is 9.99. The van der Waals surface area contributed by atoms with Gasteiger partial charge in [-0.05, 0) is 67.3 Å². The number of fused-ring (bicyclic) bond motifs is 1. The molecule has 7 nitrogen and oxygen atoms in total. The fraction of sp³-hybridized carbons (Fsp3) is 0.231. The van der Waals surface area contributed by atoms with Gasteiger partial charge in [-0.1, -0.05) is 54.0 Å². The van der Waals surface area contributed by atoms with Gasteiger partial charge in [-0.25, -0.2) is 18.4 Å². The minimum Gasteiger partial charge on any atom is -0.492 e. The first kappa shape index (κ1) is 24.9. The molecule has 0 radical (unpaired) electrons. The summed E-state index contributed by atoms with van der Waals surface area (Å²) < 4.78 is 35.7. The molecule has 0 saturated heterocycles. The molecule has 0 bridgehead atoms. The highest BCUT2D eigenvalue weighted by Crippen LogP contribution is 2.32. The van der Waals surface area contributed by atoms with Crippen molar-refractivity contribution in [1.29, 1.82) is 0 Å². The zero-order valence-electron chi connectivity index (χ0n) is 19.7. The highest BCUT2D eigenvalue weighted by Gasteiger charge is 2.23. The molecular formula is C26H27BrN4O3S. The molecule has 0 saturated carbocycles. The van der Waals surface area contributed by atoms with Gasteiger partial charge in [0.2, 0.25) is 0 Å². The maximum Gasteiger partial charge on any atom is 0.266 e. The summed E-state index contributed by atoms with van der Waals surface area (Å²) in [5, 5.41) is 3.23. The van der Waals surface area contributed by atoms with E-state index in [1.807, 2.05) is 30.3 Å². The minimum absolute atomic E-state index is 0.00698. The predicted octanol–water partition coefficient (Wildman–Crippen LogP) is 6.85. The second-order valence-corrected chi connectivity index (χ2v) is 10.7. The van der Waals surface area contributed by atoms with E-state index in [9.17, 15) is 8.42 Å². The van der Waals surface area contributed by atoms with Gasteiger partial charge in [0.15, 0.2) is 11.6 Å². The minimum atomic E-state index is -4.04. The highest BCUT2D eigenvalue weighted by molar-refractivity contribution is 9.10. The van der Waals surface area contributed by atoms with Crippen LogP contribution >= 0.6 is 15.9 Å². The summed E-state index contributed by atoms with van der Waals surface area (Å²) in [7, 11) is -4.04. The van der Waals surface area contributed by atoms with Crippen LogP contribution in [0, 0.1) is 0 Å². The van der Waals surface area contributed by atoms with Crippen molar-refractivity contribution < 1.29 is 13.2 Å². The molecule has 3 aromatic carbocycles. The van der Waals surface area contributed by atoms with E-state index in [0.717, 1.165) is 12.1 Å². The van der Waals surface area contributed by atoms with Gasteiger partial charge in [-0.3, -0.25) is 4.72 Å². The summed E-state index contributed by atoms with van der Waals surface area (Å²) in [4.78, 5) is 9.24. The number of anilines is 3. The maximum atomic E-state index is 13.4. The summed E-state index contributed by atoms with van der Waals surface area (Å²) in [6, 6.07) is 20.2. The lowest BCUT2D eigenvalue weighted by molar-refractivity contribution is 0.331. The number of nitrogens with one attached hydrogen (secondary N) is 2. The van der Waals surface area contributed by atoms with Gasteiger partial charge in [-0.15, -0.1) is 0 Å². The molecular weight excluding hydrogens is 528 g/mol. The number of rotatable bonds is 9. The van der Waals surface area contributed by atoms with Crippen molar-refractivity contribution in [2.75, 3.05) is 16.6 Å². The van der Waals surface area contributed by atoms with Crippen LogP contribution in [0.15, 0.2) is 76.1 Å². The zero-order chi connectivity index (χ0) is 25.0. The first-order chi connectivity index (χ1) is 16.8. The average molecular weight is 555 g/mol. The summed E-state index contributed by atoms with van der Waals surface area (Å²) in [5.74, 6) is 1.11. The van der Waals surface area contributed by atoms with Crippen LogP contribution in [0.5, 0.6) is 5.75 Å². The molecule has 0 fully saturated rings. The molecule has 0 spiro atoms. The molecule has 0 aliphatic heterocycles. The third-order valence-electron chi connectivity index (χ3n) is 5.65. The number of hydrogen-bond donors (Lipinski definition) is 2. The van der Waals surface area contributed by atoms with Crippen LogP contribution < -0.4 is 14.8 Å². The quantitative estimate of drug-likeness (QED) is 0.235. The fourth-order valence-corrected chi connectivity index (χ4v) is 5.27. The van der Waals surface area contributed by atoms with Crippen molar-refractivity contribution in [2.24, 2.45) is 0 Å². The first-order valence-corrected chi connectivity index (χ1v) is 13.7. The largest absolute Gasteiger partial charge is 0.492 e. The summed E-state index contributed by atoms with van der Waals surface area (Å²) in [6.45, 7) is 6.47. The zero-order valence-corrected chi connectivity index (χ0v) is 22.2. The number of sulfonamides is 1. The third-order valence-corrected chi connectivity index (χ3v) is 7.50.